The van der Waals surface area contributed by atoms with Gasteiger partial charge in [0.15, 0.2) is 11.5 Å². The molecule has 0 heterocycles. The molecule has 0 fully saturated rings. The molecule has 1 N–H and O–H groups in total. The van der Waals surface area contributed by atoms with Gasteiger partial charge in [-0.05, 0) is 66.6 Å². The van der Waals surface area contributed by atoms with E-state index in [4.69, 9.17) is 21.1 Å². The number of carbonyl (C=O) groups excluding carboxylic acids is 1. The van der Waals surface area contributed by atoms with Crippen LogP contribution in [0.1, 0.15) is 23.6 Å². The molecule has 0 radical (unpaired) electrons. The number of nitro benzene ring substituents is 1. The number of rotatable bonds is 9. The quantitative estimate of drug-likeness (QED) is 0.137. The van der Waals surface area contributed by atoms with Gasteiger partial charge in [0.2, 0.25) is 0 Å². The number of amides is 1. The second-order valence-corrected chi connectivity index (χ2v) is 8.08. The minimum absolute atomic E-state index is 0.0236. The maximum atomic E-state index is 12.9. The van der Waals surface area contributed by atoms with Crippen LogP contribution in [0.3, 0.4) is 0 Å². The highest BCUT2D eigenvalue weighted by Crippen LogP contribution is 2.38. The highest BCUT2D eigenvalue weighted by molar-refractivity contribution is 6.32. The Labute approximate surface area is 220 Å². The standard InChI is InChI=1S/C26H19ClF3N3O5/c1-2-37-23-12-17(11-22(27)24(23)38-15-16-6-8-21(9-7-16)33(35)36)10-18(14-31)25(34)32-20-5-3-4-19(13-20)26(28,29)30/h3-13H,2,15H2,1H3,(H,32,34)/b18-10+. The van der Waals surface area contributed by atoms with Crippen molar-refractivity contribution >= 4 is 35.0 Å². The summed E-state index contributed by atoms with van der Waals surface area (Å²) >= 11 is 6.39. The third-order valence-electron chi connectivity index (χ3n) is 4.99. The second kappa shape index (κ2) is 12.1. The molecule has 3 aromatic rings. The average molecular weight is 546 g/mol. The van der Waals surface area contributed by atoms with Crippen molar-refractivity contribution in [2.75, 3.05) is 11.9 Å². The molecule has 8 nitrogen and oxygen atoms in total. The monoisotopic (exact) mass is 545 g/mol. The Bertz CT molecular complexity index is 1420. The number of nitrogens with one attached hydrogen (secondary N) is 1. The highest BCUT2D eigenvalue weighted by atomic mass is 35.5. The first kappa shape index (κ1) is 28.0. The van der Waals surface area contributed by atoms with Crippen molar-refractivity contribution in [3.8, 4) is 17.6 Å². The Kier molecular flexibility index (Phi) is 8.94. The molecule has 0 unspecified atom stereocenters. The lowest BCUT2D eigenvalue weighted by atomic mass is 10.1. The fraction of sp³-hybridized carbons (Fsp3) is 0.154. The van der Waals surface area contributed by atoms with Crippen molar-refractivity contribution < 1.29 is 32.4 Å². The van der Waals surface area contributed by atoms with Crippen LogP contribution in [0.5, 0.6) is 11.5 Å². The highest BCUT2D eigenvalue weighted by Gasteiger charge is 2.30. The Balaban J connectivity index is 1.82. The zero-order chi connectivity index (χ0) is 27.9. The van der Waals surface area contributed by atoms with Gasteiger partial charge in [0.05, 0.1) is 22.1 Å². The molecule has 0 bridgehead atoms. The predicted octanol–water partition coefficient (Wildman–Crippen LogP) is 6.79. The van der Waals surface area contributed by atoms with E-state index in [0.29, 0.717) is 11.1 Å². The van der Waals surface area contributed by atoms with Gasteiger partial charge in [-0.3, -0.25) is 14.9 Å². The number of hydrogen-bond acceptors (Lipinski definition) is 6. The largest absolute Gasteiger partial charge is 0.490 e. The number of non-ortho nitro benzene ring substituents is 1. The van der Waals surface area contributed by atoms with Crippen LogP contribution in [-0.2, 0) is 17.6 Å². The van der Waals surface area contributed by atoms with E-state index in [1.807, 2.05) is 0 Å². The van der Waals surface area contributed by atoms with Crippen LogP contribution in [0.15, 0.2) is 66.2 Å². The number of ether oxygens (including phenoxy) is 2. The van der Waals surface area contributed by atoms with E-state index < -0.39 is 22.6 Å². The lowest BCUT2D eigenvalue weighted by Crippen LogP contribution is -2.14. The van der Waals surface area contributed by atoms with Crippen molar-refractivity contribution in [2.24, 2.45) is 0 Å². The molecule has 0 aromatic heterocycles. The van der Waals surface area contributed by atoms with Gasteiger partial charge in [-0.2, -0.15) is 18.4 Å². The Morgan fingerprint density at radius 3 is 2.47 bits per heavy atom. The van der Waals surface area contributed by atoms with E-state index in [2.05, 4.69) is 5.32 Å². The van der Waals surface area contributed by atoms with E-state index >= 15 is 0 Å². The average Bonchev–Trinajstić information content (AvgIpc) is 2.86. The molecule has 196 valence electrons. The summed E-state index contributed by atoms with van der Waals surface area (Å²) in [6.45, 7) is 1.98. The number of benzene rings is 3. The molecule has 0 atom stereocenters. The molecule has 0 saturated carbocycles. The topological polar surface area (TPSA) is 114 Å². The summed E-state index contributed by atoms with van der Waals surface area (Å²) in [6.07, 6.45) is -3.39. The van der Waals surface area contributed by atoms with E-state index in [1.54, 1.807) is 13.0 Å². The molecular weight excluding hydrogens is 527 g/mol. The molecule has 3 rings (SSSR count). The second-order valence-electron chi connectivity index (χ2n) is 7.68. The minimum atomic E-state index is -4.59. The first-order chi connectivity index (χ1) is 18.0. The summed E-state index contributed by atoms with van der Waals surface area (Å²) in [4.78, 5) is 22.9. The van der Waals surface area contributed by atoms with Crippen molar-refractivity contribution in [2.45, 2.75) is 19.7 Å². The summed E-state index contributed by atoms with van der Waals surface area (Å²) in [5.41, 5.74) is -0.596. The van der Waals surface area contributed by atoms with Gasteiger partial charge < -0.3 is 14.8 Å². The van der Waals surface area contributed by atoms with Crippen LogP contribution in [0, 0.1) is 21.4 Å². The molecule has 0 aliphatic rings. The maximum absolute atomic E-state index is 12.9. The fourth-order valence-electron chi connectivity index (χ4n) is 3.23. The molecule has 1 amide bonds. The first-order valence-electron chi connectivity index (χ1n) is 10.9. The molecule has 0 aliphatic carbocycles. The van der Waals surface area contributed by atoms with Crippen molar-refractivity contribution in [1.29, 1.82) is 5.26 Å². The third-order valence-corrected chi connectivity index (χ3v) is 5.27. The number of nitriles is 1. The van der Waals surface area contributed by atoms with Crippen molar-refractivity contribution in [3.63, 3.8) is 0 Å². The number of carbonyl (C=O) groups is 1. The summed E-state index contributed by atoms with van der Waals surface area (Å²) in [7, 11) is 0. The van der Waals surface area contributed by atoms with E-state index in [9.17, 15) is 33.3 Å². The van der Waals surface area contributed by atoms with E-state index in [-0.39, 0.29) is 46.7 Å². The number of alkyl halides is 3. The summed E-state index contributed by atoms with van der Waals surface area (Å²) in [6, 6.07) is 14.4. The molecule has 0 saturated heterocycles. The van der Waals surface area contributed by atoms with Crippen LogP contribution in [0.4, 0.5) is 24.5 Å². The summed E-state index contributed by atoms with van der Waals surface area (Å²) in [5.74, 6) is -0.529. The lowest BCUT2D eigenvalue weighted by molar-refractivity contribution is -0.384. The predicted molar refractivity (Wildman–Crippen MR) is 134 cm³/mol. The van der Waals surface area contributed by atoms with E-state index in [0.717, 1.165) is 18.2 Å². The number of nitrogens with zero attached hydrogens (tertiary/aromatic N) is 2. The normalized spacial score (nSPS) is 11.4. The van der Waals surface area contributed by atoms with Gasteiger partial charge in [-0.25, -0.2) is 0 Å². The minimum Gasteiger partial charge on any atom is -0.490 e. The Morgan fingerprint density at radius 1 is 1.16 bits per heavy atom. The van der Waals surface area contributed by atoms with Gasteiger partial charge in [0, 0.05) is 17.8 Å². The number of halogens is 4. The third kappa shape index (κ3) is 7.24. The van der Waals surface area contributed by atoms with Gasteiger partial charge in [-0.1, -0.05) is 17.7 Å². The fourth-order valence-corrected chi connectivity index (χ4v) is 3.50. The van der Waals surface area contributed by atoms with Gasteiger partial charge in [0.1, 0.15) is 18.2 Å². The van der Waals surface area contributed by atoms with Crippen molar-refractivity contribution in [3.05, 3.63) is 98.1 Å². The molecule has 0 aliphatic heterocycles. The van der Waals surface area contributed by atoms with Crippen LogP contribution >= 0.6 is 11.6 Å². The van der Waals surface area contributed by atoms with Crippen LogP contribution in [-0.4, -0.2) is 17.4 Å². The van der Waals surface area contributed by atoms with Crippen molar-refractivity contribution in [1.82, 2.24) is 0 Å². The Hall–Kier alpha value is -4.56. The summed E-state index contributed by atoms with van der Waals surface area (Å²) < 4.78 is 50.2. The van der Waals surface area contributed by atoms with Crippen LogP contribution in [0.25, 0.3) is 6.08 Å². The molecule has 38 heavy (non-hydrogen) atoms. The zero-order valence-electron chi connectivity index (χ0n) is 19.7. The van der Waals surface area contributed by atoms with Gasteiger partial charge in [-0.15, -0.1) is 0 Å². The Morgan fingerprint density at radius 2 is 1.87 bits per heavy atom. The molecule has 12 heteroatoms. The SMILES string of the molecule is CCOc1cc(/C=C(\C#N)C(=O)Nc2cccc(C(F)(F)F)c2)cc(Cl)c1OCc1ccc([N+](=O)[O-])cc1. The van der Waals surface area contributed by atoms with Gasteiger partial charge in [0.25, 0.3) is 11.6 Å². The molecule has 3 aromatic carbocycles. The molecule has 0 spiro atoms. The zero-order valence-corrected chi connectivity index (χ0v) is 20.5. The lowest BCUT2D eigenvalue weighted by Gasteiger charge is -2.15. The summed E-state index contributed by atoms with van der Waals surface area (Å²) in [5, 5.41) is 22.7. The smallest absolute Gasteiger partial charge is 0.416 e. The number of anilines is 1. The first-order valence-corrected chi connectivity index (χ1v) is 11.3. The van der Waals surface area contributed by atoms with Crippen LogP contribution in [0.2, 0.25) is 5.02 Å². The van der Waals surface area contributed by atoms with Crippen LogP contribution < -0.4 is 14.8 Å². The number of nitro groups is 1. The molecular formula is C26H19ClF3N3O5. The maximum Gasteiger partial charge on any atom is 0.416 e. The number of hydrogen-bond donors (Lipinski definition) is 1. The van der Waals surface area contributed by atoms with Gasteiger partial charge >= 0.3 is 6.18 Å². The van der Waals surface area contributed by atoms with E-state index in [1.165, 1.54) is 48.5 Å².